The monoisotopic (exact) mass is 287 g/mol. The summed E-state index contributed by atoms with van der Waals surface area (Å²) in [7, 11) is 2.00. The molecule has 2 aliphatic rings. The summed E-state index contributed by atoms with van der Waals surface area (Å²) in [5.41, 5.74) is 0.922. The molecule has 2 fully saturated rings. The molecule has 1 spiro atoms. The third-order valence-electron chi connectivity index (χ3n) is 4.90. The van der Waals surface area contributed by atoms with Gasteiger partial charge in [0.1, 0.15) is 17.8 Å². The Balaban J connectivity index is 1.70. The van der Waals surface area contributed by atoms with Gasteiger partial charge in [-0.3, -0.25) is 0 Å². The van der Waals surface area contributed by atoms with E-state index in [1.54, 1.807) is 6.33 Å². The first-order chi connectivity index (χ1) is 10.1. The standard InChI is InChI=1S/C14H17N5O2/c1-18(12-9-2-5-15-11(9)16-8-17-12)10-6-19(13(20)21)7-14(10)3-4-14/h2,5,8,10H,3-4,6-7H2,1H3,(H,20,21)(H,15,16,17)/t10-/m0/s1. The van der Waals surface area contributed by atoms with Crippen LogP contribution in [0.3, 0.4) is 0 Å². The number of aromatic amines is 1. The normalized spacial score (nSPS) is 22.9. The summed E-state index contributed by atoms with van der Waals surface area (Å²) >= 11 is 0. The smallest absolute Gasteiger partial charge is 0.407 e. The second kappa shape index (κ2) is 4.09. The van der Waals surface area contributed by atoms with Crippen molar-refractivity contribution >= 4 is 22.9 Å². The highest BCUT2D eigenvalue weighted by atomic mass is 16.4. The van der Waals surface area contributed by atoms with Gasteiger partial charge in [-0.05, 0) is 18.9 Å². The predicted octanol–water partition coefficient (Wildman–Crippen LogP) is 1.54. The largest absolute Gasteiger partial charge is 0.465 e. The fourth-order valence-electron chi connectivity index (χ4n) is 3.57. The quantitative estimate of drug-likeness (QED) is 0.875. The number of H-pyrrole nitrogens is 1. The highest BCUT2D eigenvalue weighted by Crippen LogP contribution is 2.54. The number of likely N-dealkylation sites (tertiary alicyclic amines) is 1. The van der Waals surface area contributed by atoms with E-state index in [0.717, 1.165) is 29.7 Å². The summed E-state index contributed by atoms with van der Waals surface area (Å²) in [5.74, 6) is 0.866. The number of nitrogens with one attached hydrogen (secondary N) is 1. The van der Waals surface area contributed by atoms with Crippen molar-refractivity contribution < 1.29 is 9.90 Å². The molecule has 3 heterocycles. The van der Waals surface area contributed by atoms with Crippen molar-refractivity contribution in [2.24, 2.45) is 5.41 Å². The molecular weight excluding hydrogens is 270 g/mol. The maximum Gasteiger partial charge on any atom is 0.407 e. The lowest BCUT2D eigenvalue weighted by molar-refractivity contribution is 0.153. The summed E-state index contributed by atoms with van der Waals surface area (Å²) in [4.78, 5) is 26.6. The van der Waals surface area contributed by atoms with Crippen LogP contribution in [0.2, 0.25) is 0 Å². The van der Waals surface area contributed by atoms with Crippen molar-refractivity contribution in [1.29, 1.82) is 0 Å². The highest BCUT2D eigenvalue weighted by Gasteiger charge is 2.57. The van der Waals surface area contributed by atoms with Crippen LogP contribution in [0.15, 0.2) is 18.6 Å². The zero-order valence-electron chi connectivity index (χ0n) is 11.8. The van der Waals surface area contributed by atoms with Gasteiger partial charge in [0.2, 0.25) is 0 Å². The SMILES string of the molecule is CN(c1ncnc2[nH]ccc12)[C@H]1CN(C(=O)O)CC12CC2. The van der Waals surface area contributed by atoms with E-state index in [0.29, 0.717) is 13.1 Å². The number of aromatic nitrogens is 3. The number of likely N-dealkylation sites (N-methyl/N-ethyl adjacent to an activating group) is 1. The first-order valence-corrected chi connectivity index (χ1v) is 7.09. The Morgan fingerprint density at radius 1 is 1.52 bits per heavy atom. The molecule has 1 aliphatic carbocycles. The third kappa shape index (κ3) is 1.76. The Labute approximate surface area is 121 Å². The van der Waals surface area contributed by atoms with E-state index in [2.05, 4.69) is 19.9 Å². The molecule has 2 aromatic rings. The zero-order chi connectivity index (χ0) is 14.6. The lowest BCUT2D eigenvalue weighted by Crippen LogP contribution is -2.40. The molecule has 21 heavy (non-hydrogen) atoms. The van der Waals surface area contributed by atoms with Gasteiger partial charge in [-0.2, -0.15) is 0 Å². The molecule has 1 atom stereocenters. The van der Waals surface area contributed by atoms with Gasteiger partial charge in [0.05, 0.1) is 11.4 Å². The summed E-state index contributed by atoms with van der Waals surface area (Å²) < 4.78 is 0. The van der Waals surface area contributed by atoms with Gasteiger partial charge in [-0.25, -0.2) is 14.8 Å². The van der Waals surface area contributed by atoms with Gasteiger partial charge in [0.25, 0.3) is 0 Å². The fraction of sp³-hybridized carbons (Fsp3) is 0.500. The lowest BCUT2D eigenvalue weighted by atomic mass is 9.99. The van der Waals surface area contributed by atoms with Crippen molar-refractivity contribution in [2.45, 2.75) is 18.9 Å². The summed E-state index contributed by atoms with van der Waals surface area (Å²) in [6, 6.07) is 2.14. The topological polar surface area (TPSA) is 85.4 Å². The number of carbonyl (C=O) groups is 1. The van der Waals surface area contributed by atoms with Crippen molar-refractivity contribution in [3.8, 4) is 0 Å². The van der Waals surface area contributed by atoms with Crippen molar-refractivity contribution in [1.82, 2.24) is 19.9 Å². The molecule has 7 heteroatoms. The number of hydrogen-bond donors (Lipinski definition) is 2. The van der Waals surface area contributed by atoms with Crippen LogP contribution in [0.1, 0.15) is 12.8 Å². The number of nitrogens with zero attached hydrogens (tertiary/aromatic N) is 4. The number of hydrogen-bond acceptors (Lipinski definition) is 4. The zero-order valence-corrected chi connectivity index (χ0v) is 11.8. The van der Waals surface area contributed by atoms with Gasteiger partial charge in [0.15, 0.2) is 0 Å². The predicted molar refractivity (Wildman–Crippen MR) is 77.3 cm³/mol. The van der Waals surface area contributed by atoms with Crippen molar-refractivity contribution in [2.75, 3.05) is 25.0 Å². The molecule has 2 aromatic heterocycles. The molecular formula is C14H17N5O2. The van der Waals surface area contributed by atoms with Gasteiger partial charge in [-0.1, -0.05) is 0 Å². The summed E-state index contributed by atoms with van der Waals surface area (Å²) in [5, 5.41) is 10.2. The second-order valence-corrected chi connectivity index (χ2v) is 6.09. The summed E-state index contributed by atoms with van der Waals surface area (Å²) in [6.45, 7) is 1.18. The molecule has 0 bridgehead atoms. The van der Waals surface area contributed by atoms with Crippen LogP contribution in [-0.2, 0) is 0 Å². The number of rotatable bonds is 2. The average Bonchev–Trinajstić information content (AvgIpc) is 2.92. The van der Waals surface area contributed by atoms with E-state index in [-0.39, 0.29) is 11.5 Å². The Bertz CT molecular complexity index is 708. The fourth-order valence-corrected chi connectivity index (χ4v) is 3.57. The van der Waals surface area contributed by atoms with Crippen LogP contribution in [0, 0.1) is 5.41 Å². The maximum atomic E-state index is 11.3. The van der Waals surface area contributed by atoms with E-state index in [4.69, 9.17) is 0 Å². The minimum Gasteiger partial charge on any atom is -0.465 e. The minimum atomic E-state index is -0.827. The molecule has 0 radical (unpaired) electrons. The molecule has 110 valence electrons. The number of fused-ring (bicyclic) bond motifs is 1. The number of amides is 1. The molecule has 1 saturated carbocycles. The summed E-state index contributed by atoms with van der Waals surface area (Å²) in [6.07, 6.45) is 4.75. The minimum absolute atomic E-state index is 0.112. The second-order valence-electron chi connectivity index (χ2n) is 6.09. The van der Waals surface area contributed by atoms with Crippen LogP contribution < -0.4 is 4.90 Å². The first-order valence-electron chi connectivity index (χ1n) is 7.09. The van der Waals surface area contributed by atoms with E-state index < -0.39 is 6.09 Å². The lowest BCUT2D eigenvalue weighted by Gasteiger charge is -2.30. The first kappa shape index (κ1) is 12.4. The molecule has 7 nitrogen and oxygen atoms in total. The average molecular weight is 287 g/mol. The van der Waals surface area contributed by atoms with Gasteiger partial charge < -0.3 is 19.9 Å². The molecule has 4 rings (SSSR count). The van der Waals surface area contributed by atoms with Crippen LogP contribution in [0.5, 0.6) is 0 Å². The maximum absolute atomic E-state index is 11.3. The number of carboxylic acid groups (broad SMARTS) is 1. The molecule has 1 saturated heterocycles. The molecule has 1 amide bonds. The van der Waals surface area contributed by atoms with E-state index >= 15 is 0 Å². The van der Waals surface area contributed by atoms with E-state index in [9.17, 15) is 9.90 Å². The Morgan fingerprint density at radius 3 is 3.05 bits per heavy atom. The Morgan fingerprint density at radius 2 is 2.33 bits per heavy atom. The van der Waals surface area contributed by atoms with Crippen LogP contribution >= 0.6 is 0 Å². The number of anilines is 1. The van der Waals surface area contributed by atoms with Gasteiger partial charge in [-0.15, -0.1) is 0 Å². The highest BCUT2D eigenvalue weighted by molar-refractivity contribution is 5.87. The molecule has 2 N–H and O–H groups in total. The van der Waals surface area contributed by atoms with Crippen LogP contribution in [-0.4, -0.2) is 57.2 Å². The Hall–Kier alpha value is -2.31. The molecule has 0 unspecified atom stereocenters. The van der Waals surface area contributed by atoms with Crippen molar-refractivity contribution in [3.63, 3.8) is 0 Å². The van der Waals surface area contributed by atoms with E-state index in [1.165, 1.54) is 4.90 Å². The van der Waals surface area contributed by atoms with Crippen LogP contribution in [0.25, 0.3) is 11.0 Å². The van der Waals surface area contributed by atoms with Gasteiger partial charge in [0, 0.05) is 31.7 Å². The Kier molecular flexibility index (Phi) is 2.42. The van der Waals surface area contributed by atoms with Crippen LogP contribution in [0.4, 0.5) is 10.6 Å². The van der Waals surface area contributed by atoms with Crippen molar-refractivity contribution in [3.05, 3.63) is 18.6 Å². The van der Waals surface area contributed by atoms with Gasteiger partial charge >= 0.3 is 6.09 Å². The molecule has 0 aromatic carbocycles. The van der Waals surface area contributed by atoms with E-state index in [1.807, 2.05) is 19.3 Å². The molecule has 1 aliphatic heterocycles. The third-order valence-corrected chi connectivity index (χ3v) is 4.90.